The quantitative estimate of drug-likeness (QED) is 0.583. The van der Waals surface area contributed by atoms with E-state index in [0.29, 0.717) is 10.3 Å². The highest BCUT2D eigenvalue weighted by Gasteiger charge is 2.65. The van der Waals surface area contributed by atoms with E-state index < -0.39 is 7.26 Å². The Labute approximate surface area is 101 Å². The molecule has 0 nitrogen and oxygen atoms in total. The predicted molar refractivity (Wildman–Crippen MR) is 76.2 cm³/mol. The maximum atomic E-state index is 2.43. The van der Waals surface area contributed by atoms with Crippen molar-refractivity contribution in [1.29, 1.82) is 0 Å². The van der Waals surface area contributed by atoms with Gasteiger partial charge in [0.05, 0.1) is 23.7 Å². The molecule has 0 bridgehead atoms. The van der Waals surface area contributed by atoms with Crippen molar-refractivity contribution < 1.29 is 0 Å². The van der Waals surface area contributed by atoms with Crippen LogP contribution in [-0.4, -0.2) is 10.3 Å². The second kappa shape index (κ2) is 3.33. The van der Waals surface area contributed by atoms with Gasteiger partial charge in [-0.3, -0.25) is 0 Å². The maximum absolute atomic E-state index is 2.43. The molecule has 0 N–H and O–H groups in total. The lowest BCUT2D eigenvalue weighted by Crippen LogP contribution is -2.48. The van der Waals surface area contributed by atoms with Crippen LogP contribution >= 0.6 is 7.26 Å². The fourth-order valence-corrected chi connectivity index (χ4v) is 9.55. The molecule has 0 aromatic heterocycles. The molecule has 0 unspecified atom stereocenters. The monoisotopic (exact) mass is 235 g/mol. The van der Waals surface area contributed by atoms with Gasteiger partial charge in [-0.1, -0.05) is 18.2 Å². The summed E-state index contributed by atoms with van der Waals surface area (Å²) in [7, 11) is -1.03. The maximum Gasteiger partial charge on any atom is 0.102 e. The van der Waals surface area contributed by atoms with Gasteiger partial charge in [0.15, 0.2) is 0 Å². The van der Waals surface area contributed by atoms with Crippen LogP contribution in [0.15, 0.2) is 24.3 Å². The highest BCUT2D eigenvalue weighted by molar-refractivity contribution is 7.86. The summed E-state index contributed by atoms with van der Waals surface area (Å²) in [5.74, 6) is 0. The molecule has 0 fully saturated rings. The second-order valence-electron chi connectivity index (χ2n) is 6.94. The fourth-order valence-electron chi connectivity index (χ4n) is 3.47. The first-order valence-corrected chi connectivity index (χ1v) is 8.14. The average molecular weight is 235 g/mol. The number of benzene rings is 1. The summed E-state index contributed by atoms with van der Waals surface area (Å²) in [5, 5.41) is 2.55. The Morgan fingerprint density at radius 1 is 0.875 bits per heavy atom. The van der Waals surface area contributed by atoms with Crippen LogP contribution in [0.2, 0.25) is 0 Å². The van der Waals surface area contributed by atoms with Gasteiger partial charge in [-0.15, -0.1) is 0 Å². The van der Waals surface area contributed by atoms with Crippen molar-refractivity contribution in [2.75, 3.05) is 0 Å². The molecule has 1 aliphatic heterocycles. The van der Waals surface area contributed by atoms with Crippen LogP contribution < -0.4 is 5.30 Å². The molecule has 0 saturated carbocycles. The molecular weight excluding hydrogens is 211 g/mol. The highest BCUT2D eigenvalue weighted by Crippen LogP contribution is 2.81. The van der Waals surface area contributed by atoms with E-state index in [1.54, 1.807) is 10.9 Å². The zero-order valence-electron chi connectivity index (χ0n) is 11.5. The minimum atomic E-state index is -1.03. The van der Waals surface area contributed by atoms with Crippen LogP contribution in [0.1, 0.15) is 47.1 Å². The Morgan fingerprint density at radius 3 is 1.81 bits per heavy atom. The first kappa shape index (κ1) is 12.1. The lowest BCUT2D eigenvalue weighted by atomic mass is 10.2. The van der Waals surface area contributed by atoms with Gasteiger partial charge in [-0.2, -0.15) is 0 Å². The second-order valence-corrected chi connectivity index (χ2v) is 12.0. The molecule has 1 aromatic rings. The Balaban J connectivity index is 2.60. The third kappa shape index (κ3) is 1.39. The standard InChI is InChI=1S/C15H24P/c1-14(2,3)16(15(4,5)6)11-12-9-7-8-10-13(12)16/h7-10H,11H2,1-6H3/q+1. The molecular formula is C15H24P+. The van der Waals surface area contributed by atoms with Crippen LogP contribution in [0.5, 0.6) is 0 Å². The SMILES string of the molecule is CC(C)(C)[P+]1(C(C)(C)C)Cc2ccccc21. The normalized spacial score (nSPS) is 18.9. The predicted octanol–water partition coefficient (Wildman–Crippen LogP) is 4.44. The molecule has 0 spiro atoms. The van der Waals surface area contributed by atoms with Gasteiger partial charge in [0.1, 0.15) is 5.30 Å². The van der Waals surface area contributed by atoms with Crippen molar-refractivity contribution in [3.8, 4) is 0 Å². The van der Waals surface area contributed by atoms with Crippen LogP contribution in [-0.2, 0) is 6.16 Å². The molecule has 0 radical (unpaired) electrons. The van der Waals surface area contributed by atoms with Gasteiger partial charge in [0.25, 0.3) is 0 Å². The molecule has 1 aromatic carbocycles. The molecule has 0 aliphatic carbocycles. The first-order valence-electron chi connectivity index (χ1n) is 6.17. The molecule has 16 heavy (non-hydrogen) atoms. The van der Waals surface area contributed by atoms with E-state index in [0.717, 1.165) is 0 Å². The topological polar surface area (TPSA) is 0 Å². The Bertz CT molecular complexity index is 390. The third-order valence-corrected chi connectivity index (χ3v) is 10.8. The summed E-state index contributed by atoms with van der Waals surface area (Å²) in [6.45, 7) is 14.6. The Kier molecular flexibility index (Phi) is 2.52. The van der Waals surface area contributed by atoms with E-state index in [9.17, 15) is 0 Å². The fraction of sp³-hybridized carbons (Fsp3) is 0.600. The molecule has 0 atom stereocenters. The Morgan fingerprint density at radius 2 is 1.38 bits per heavy atom. The molecule has 1 heteroatoms. The van der Waals surface area contributed by atoms with Crippen LogP contribution in [0.25, 0.3) is 0 Å². The lowest BCUT2D eigenvalue weighted by Gasteiger charge is -2.52. The van der Waals surface area contributed by atoms with Crippen molar-refractivity contribution in [3.63, 3.8) is 0 Å². The minimum Gasteiger partial charge on any atom is -0.0616 e. The van der Waals surface area contributed by atoms with Crippen molar-refractivity contribution in [3.05, 3.63) is 29.8 Å². The smallest absolute Gasteiger partial charge is 0.0616 e. The van der Waals surface area contributed by atoms with E-state index in [1.165, 1.54) is 6.16 Å². The Hall–Kier alpha value is -0.350. The first-order chi connectivity index (χ1) is 7.20. The van der Waals surface area contributed by atoms with E-state index in [1.807, 2.05) is 0 Å². The van der Waals surface area contributed by atoms with E-state index in [-0.39, 0.29) is 0 Å². The van der Waals surface area contributed by atoms with Gasteiger partial charge >= 0.3 is 0 Å². The number of fused-ring (bicyclic) bond motifs is 1. The average Bonchev–Trinajstić information content (AvgIpc) is 2.02. The number of rotatable bonds is 0. The van der Waals surface area contributed by atoms with Gasteiger partial charge in [0.2, 0.25) is 0 Å². The van der Waals surface area contributed by atoms with Crippen molar-refractivity contribution >= 4 is 12.6 Å². The lowest BCUT2D eigenvalue weighted by molar-refractivity contribution is 0.683. The van der Waals surface area contributed by atoms with E-state index in [2.05, 4.69) is 65.8 Å². The van der Waals surface area contributed by atoms with E-state index >= 15 is 0 Å². The molecule has 1 aliphatic rings. The molecule has 0 amide bonds. The third-order valence-electron chi connectivity index (χ3n) is 4.10. The summed E-state index contributed by atoms with van der Waals surface area (Å²) in [5.41, 5.74) is 1.60. The van der Waals surface area contributed by atoms with Crippen molar-refractivity contribution in [1.82, 2.24) is 0 Å². The summed E-state index contributed by atoms with van der Waals surface area (Å²) in [6.07, 6.45) is 1.34. The van der Waals surface area contributed by atoms with Crippen LogP contribution in [0.4, 0.5) is 0 Å². The minimum absolute atomic E-state index is 0.430. The molecule has 1 heterocycles. The summed E-state index contributed by atoms with van der Waals surface area (Å²) in [6, 6.07) is 9.08. The van der Waals surface area contributed by atoms with Gasteiger partial charge in [-0.25, -0.2) is 0 Å². The van der Waals surface area contributed by atoms with E-state index in [4.69, 9.17) is 0 Å². The largest absolute Gasteiger partial charge is 0.102 e. The zero-order valence-corrected chi connectivity index (χ0v) is 12.4. The van der Waals surface area contributed by atoms with Gasteiger partial charge < -0.3 is 0 Å². The highest BCUT2D eigenvalue weighted by atomic mass is 31.2. The molecule has 88 valence electrons. The molecule has 2 rings (SSSR count). The van der Waals surface area contributed by atoms with Crippen LogP contribution in [0, 0.1) is 0 Å². The summed E-state index contributed by atoms with van der Waals surface area (Å²) in [4.78, 5) is 0. The van der Waals surface area contributed by atoms with Crippen molar-refractivity contribution in [2.45, 2.75) is 58.0 Å². The molecule has 0 saturated heterocycles. The number of hydrogen-bond acceptors (Lipinski definition) is 0. The van der Waals surface area contributed by atoms with Crippen LogP contribution in [0.3, 0.4) is 0 Å². The summed E-state index contributed by atoms with van der Waals surface area (Å²) >= 11 is 0. The van der Waals surface area contributed by atoms with Crippen molar-refractivity contribution in [2.24, 2.45) is 0 Å². The van der Waals surface area contributed by atoms with Gasteiger partial charge in [0, 0.05) is 5.56 Å². The number of hydrogen-bond donors (Lipinski definition) is 0. The van der Waals surface area contributed by atoms with Gasteiger partial charge in [-0.05, 0) is 47.6 Å². The summed E-state index contributed by atoms with van der Waals surface area (Å²) < 4.78 is 0. The zero-order chi connectivity index (χ0) is 12.2.